The van der Waals surface area contributed by atoms with E-state index < -0.39 is 15.6 Å². The summed E-state index contributed by atoms with van der Waals surface area (Å²) in [6.07, 6.45) is 0. The topological polar surface area (TPSA) is 72.2 Å². The molecule has 0 aliphatic carbocycles. The van der Waals surface area contributed by atoms with Crippen LogP contribution in [0.2, 0.25) is 0 Å². The normalized spacial score (nSPS) is 12.1. The van der Waals surface area contributed by atoms with Crippen molar-refractivity contribution in [1.29, 1.82) is 0 Å². The maximum atomic E-state index is 12.2. The van der Waals surface area contributed by atoms with Crippen LogP contribution in [0.1, 0.15) is 19.4 Å². The Morgan fingerprint density at radius 1 is 1.39 bits per heavy atom. The summed E-state index contributed by atoms with van der Waals surface area (Å²) in [5.41, 5.74) is 5.73. The van der Waals surface area contributed by atoms with Gasteiger partial charge in [0, 0.05) is 16.6 Å². The van der Waals surface area contributed by atoms with Gasteiger partial charge in [0.1, 0.15) is 0 Å². The minimum atomic E-state index is -3.56. The van der Waals surface area contributed by atoms with Gasteiger partial charge in [-0.05, 0) is 48.3 Å². The quantitative estimate of drug-likeness (QED) is 0.867. The lowest BCUT2D eigenvalue weighted by molar-refractivity contribution is 0.462. The molecule has 0 aliphatic rings. The number of hydrogen-bond acceptors (Lipinski definition) is 3. The summed E-state index contributed by atoms with van der Waals surface area (Å²) in [4.78, 5) is 0.235. The summed E-state index contributed by atoms with van der Waals surface area (Å²) in [7, 11) is -3.56. The van der Waals surface area contributed by atoms with Gasteiger partial charge in [-0.2, -0.15) is 0 Å². The Labute approximate surface area is 123 Å². The second-order valence-electron chi connectivity index (χ2n) is 4.58. The van der Waals surface area contributed by atoms with E-state index in [2.05, 4.69) is 20.7 Å². The first-order valence-corrected chi connectivity index (χ1v) is 7.46. The molecule has 18 heavy (non-hydrogen) atoms. The molecular formula is C11H18BrClN2O2S. The molecule has 7 heteroatoms. The first-order valence-electron chi connectivity index (χ1n) is 5.19. The molecule has 0 aliphatic heterocycles. The molecule has 0 atom stereocenters. The van der Waals surface area contributed by atoms with Crippen molar-refractivity contribution >= 4 is 38.4 Å². The van der Waals surface area contributed by atoms with Gasteiger partial charge in [-0.1, -0.05) is 12.1 Å². The number of halogens is 2. The third-order valence-electron chi connectivity index (χ3n) is 2.37. The number of nitrogens with two attached hydrogens (primary N) is 1. The highest BCUT2D eigenvalue weighted by atomic mass is 79.9. The summed E-state index contributed by atoms with van der Waals surface area (Å²) in [5, 5.41) is 0. The third-order valence-corrected chi connectivity index (χ3v) is 5.42. The van der Waals surface area contributed by atoms with Gasteiger partial charge in [0.05, 0.1) is 4.90 Å². The first-order chi connectivity index (χ1) is 7.69. The molecule has 1 aromatic rings. The van der Waals surface area contributed by atoms with Crippen LogP contribution >= 0.6 is 28.3 Å². The summed E-state index contributed by atoms with van der Waals surface area (Å²) in [6.45, 7) is 5.56. The van der Waals surface area contributed by atoms with Gasteiger partial charge in [-0.3, -0.25) is 0 Å². The van der Waals surface area contributed by atoms with Crippen molar-refractivity contribution in [2.75, 3.05) is 6.54 Å². The lowest BCUT2D eigenvalue weighted by atomic mass is 10.1. The maximum absolute atomic E-state index is 12.2. The van der Waals surface area contributed by atoms with E-state index in [4.69, 9.17) is 5.73 Å². The van der Waals surface area contributed by atoms with Crippen molar-refractivity contribution in [2.45, 2.75) is 31.2 Å². The monoisotopic (exact) mass is 356 g/mol. The van der Waals surface area contributed by atoms with E-state index in [-0.39, 0.29) is 23.8 Å². The zero-order chi connectivity index (χ0) is 13.3. The molecule has 0 radical (unpaired) electrons. The smallest absolute Gasteiger partial charge is 0.242 e. The number of rotatable bonds is 4. The Hall–Kier alpha value is -0.140. The zero-order valence-corrected chi connectivity index (χ0v) is 13.7. The van der Waals surface area contributed by atoms with Crippen LogP contribution in [0.25, 0.3) is 0 Å². The number of sulfonamides is 1. The van der Waals surface area contributed by atoms with Crippen molar-refractivity contribution in [1.82, 2.24) is 4.72 Å². The molecule has 104 valence electrons. The molecule has 0 heterocycles. The van der Waals surface area contributed by atoms with Crippen LogP contribution in [0, 0.1) is 6.92 Å². The van der Waals surface area contributed by atoms with Gasteiger partial charge in [0.25, 0.3) is 0 Å². The van der Waals surface area contributed by atoms with Crippen LogP contribution in [-0.4, -0.2) is 20.5 Å². The van der Waals surface area contributed by atoms with E-state index in [0.29, 0.717) is 4.47 Å². The largest absolute Gasteiger partial charge is 0.329 e. The van der Waals surface area contributed by atoms with Crippen LogP contribution in [0.5, 0.6) is 0 Å². The summed E-state index contributed by atoms with van der Waals surface area (Å²) in [6, 6.07) is 5.12. The molecule has 3 N–H and O–H groups in total. The van der Waals surface area contributed by atoms with E-state index >= 15 is 0 Å². The van der Waals surface area contributed by atoms with Gasteiger partial charge < -0.3 is 5.73 Å². The SMILES string of the molecule is Cc1cccc(S(=O)(=O)NC(C)(C)CN)c1Br.Cl. The number of benzene rings is 1. The van der Waals surface area contributed by atoms with E-state index in [0.717, 1.165) is 5.56 Å². The third kappa shape index (κ3) is 4.20. The van der Waals surface area contributed by atoms with E-state index in [1.807, 2.05) is 13.0 Å². The van der Waals surface area contributed by atoms with E-state index in [1.54, 1.807) is 26.0 Å². The predicted octanol–water partition coefficient (Wildman–Crippen LogP) is 2.19. The fourth-order valence-corrected chi connectivity index (χ4v) is 3.77. The van der Waals surface area contributed by atoms with E-state index in [9.17, 15) is 8.42 Å². The van der Waals surface area contributed by atoms with Gasteiger partial charge in [0.2, 0.25) is 10.0 Å². The Kier molecular flexibility index (Phi) is 6.29. The average Bonchev–Trinajstić information content (AvgIpc) is 2.20. The van der Waals surface area contributed by atoms with E-state index in [1.165, 1.54) is 0 Å². The number of aryl methyl sites for hydroxylation is 1. The molecule has 1 aromatic carbocycles. The van der Waals surface area contributed by atoms with Crippen LogP contribution in [-0.2, 0) is 10.0 Å². The highest BCUT2D eigenvalue weighted by Crippen LogP contribution is 2.25. The van der Waals surface area contributed by atoms with Gasteiger partial charge in [-0.15, -0.1) is 12.4 Å². The van der Waals surface area contributed by atoms with Crippen molar-refractivity contribution in [3.05, 3.63) is 28.2 Å². The average molecular weight is 358 g/mol. The van der Waals surface area contributed by atoms with Gasteiger partial charge in [0.15, 0.2) is 0 Å². The molecular weight excluding hydrogens is 340 g/mol. The van der Waals surface area contributed by atoms with Crippen LogP contribution in [0.4, 0.5) is 0 Å². The fraction of sp³-hybridized carbons (Fsp3) is 0.455. The predicted molar refractivity (Wildman–Crippen MR) is 79.6 cm³/mol. The van der Waals surface area contributed by atoms with Crippen molar-refractivity contribution in [3.8, 4) is 0 Å². The minimum absolute atomic E-state index is 0. The van der Waals surface area contributed by atoms with Crippen LogP contribution in [0.15, 0.2) is 27.6 Å². The fourth-order valence-electron chi connectivity index (χ4n) is 1.29. The molecule has 1 rings (SSSR count). The van der Waals surface area contributed by atoms with Crippen molar-refractivity contribution < 1.29 is 8.42 Å². The molecule has 0 bridgehead atoms. The van der Waals surface area contributed by atoms with Gasteiger partial charge >= 0.3 is 0 Å². The molecule has 0 aromatic heterocycles. The zero-order valence-electron chi connectivity index (χ0n) is 10.5. The lowest BCUT2D eigenvalue weighted by Gasteiger charge is -2.24. The highest BCUT2D eigenvalue weighted by Gasteiger charge is 2.26. The molecule has 0 amide bonds. The Morgan fingerprint density at radius 3 is 2.44 bits per heavy atom. The first kappa shape index (κ1) is 17.9. The minimum Gasteiger partial charge on any atom is -0.329 e. The molecule has 0 unspecified atom stereocenters. The second-order valence-corrected chi connectivity index (χ2v) is 7.02. The second kappa shape index (κ2) is 6.34. The molecule has 0 saturated carbocycles. The molecule has 0 saturated heterocycles. The highest BCUT2D eigenvalue weighted by molar-refractivity contribution is 9.10. The standard InChI is InChI=1S/C11H17BrN2O2S.ClH/c1-8-5-4-6-9(10(8)12)17(15,16)14-11(2,3)7-13;/h4-6,14H,7,13H2,1-3H3;1H. The number of nitrogens with one attached hydrogen (secondary N) is 1. The van der Waals surface area contributed by atoms with Crippen molar-refractivity contribution in [2.24, 2.45) is 5.73 Å². The Morgan fingerprint density at radius 2 is 1.94 bits per heavy atom. The van der Waals surface area contributed by atoms with Crippen LogP contribution in [0.3, 0.4) is 0 Å². The maximum Gasteiger partial charge on any atom is 0.242 e. The molecule has 0 spiro atoms. The molecule has 4 nitrogen and oxygen atoms in total. The summed E-state index contributed by atoms with van der Waals surface area (Å²) >= 11 is 3.30. The Balaban J connectivity index is 0.00000289. The lowest BCUT2D eigenvalue weighted by Crippen LogP contribution is -2.48. The van der Waals surface area contributed by atoms with Crippen molar-refractivity contribution in [3.63, 3.8) is 0 Å². The van der Waals surface area contributed by atoms with Crippen LogP contribution < -0.4 is 10.5 Å². The Bertz CT molecular complexity index is 518. The summed E-state index contributed by atoms with van der Waals surface area (Å²) in [5.74, 6) is 0. The molecule has 0 fully saturated rings. The number of hydrogen-bond donors (Lipinski definition) is 2. The van der Waals surface area contributed by atoms with Gasteiger partial charge in [-0.25, -0.2) is 13.1 Å². The summed E-state index contributed by atoms with van der Waals surface area (Å²) < 4.78 is 27.5.